The minimum atomic E-state index is -0.491. The number of nitrogens with zero attached hydrogens (tertiary/aromatic N) is 2. The first-order valence-electron chi connectivity index (χ1n) is 10.3. The number of morpholine rings is 1. The maximum Gasteiger partial charge on any atom is 0.319 e. The Morgan fingerprint density at radius 2 is 2.00 bits per heavy atom. The van der Waals surface area contributed by atoms with Gasteiger partial charge in [-0.1, -0.05) is 12.1 Å². The first-order valence-corrected chi connectivity index (χ1v) is 10.3. The molecule has 1 aromatic heterocycles. The molecule has 3 amide bonds. The summed E-state index contributed by atoms with van der Waals surface area (Å²) in [5.74, 6) is -0.491. The van der Waals surface area contributed by atoms with Crippen LogP contribution < -0.4 is 16.4 Å². The standard InChI is InChI=1S/C22H26N6O3/c23-21(29)16-5-6-19-18(14-16)20(27-26-19)15-3-1-4-17(13-15)25-22(30)24-7-2-8-28-9-11-31-12-10-28/h1,3-6,13-14H,2,7-12H2,(H2,23,29)(H,26,27)(H2,24,25,30). The average molecular weight is 422 g/mol. The van der Waals surface area contributed by atoms with E-state index in [1.807, 2.05) is 24.3 Å². The van der Waals surface area contributed by atoms with E-state index in [1.165, 1.54) is 0 Å². The van der Waals surface area contributed by atoms with E-state index in [-0.39, 0.29) is 6.03 Å². The van der Waals surface area contributed by atoms with Gasteiger partial charge in [-0.05, 0) is 43.3 Å². The molecule has 2 aromatic carbocycles. The molecule has 31 heavy (non-hydrogen) atoms. The van der Waals surface area contributed by atoms with Gasteiger partial charge in [0.25, 0.3) is 0 Å². The number of hydrogen-bond acceptors (Lipinski definition) is 5. The highest BCUT2D eigenvalue weighted by atomic mass is 16.5. The molecule has 1 aliphatic heterocycles. The molecular weight excluding hydrogens is 396 g/mol. The molecule has 0 unspecified atom stereocenters. The van der Waals surface area contributed by atoms with Gasteiger partial charge in [-0.15, -0.1) is 0 Å². The maximum atomic E-state index is 12.3. The largest absolute Gasteiger partial charge is 0.379 e. The Morgan fingerprint density at radius 3 is 2.81 bits per heavy atom. The summed E-state index contributed by atoms with van der Waals surface area (Å²) in [6.45, 7) is 4.99. The Bertz CT molecular complexity index is 1070. The predicted molar refractivity (Wildman–Crippen MR) is 119 cm³/mol. The zero-order valence-corrected chi connectivity index (χ0v) is 17.2. The lowest BCUT2D eigenvalue weighted by Crippen LogP contribution is -2.38. The number of anilines is 1. The van der Waals surface area contributed by atoms with Crippen LogP contribution in [0.5, 0.6) is 0 Å². The smallest absolute Gasteiger partial charge is 0.319 e. The molecule has 1 saturated heterocycles. The highest BCUT2D eigenvalue weighted by molar-refractivity contribution is 6.01. The summed E-state index contributed by atoms with van der Waals surface area (Å²) in [6.07, 6.45) is 0.884. The number of carbonyl (C=O) groups is 2. The van der Waals surface area contributed by atoms with Crippen molar-refractivity contribution in [3.63, 3.8) is 0 Å². The van der Waals surface area contributed by atoms with Crippen molar-refractivity contribution in [1.82, 2.24) is 20.4 Å². The van der Waals surface area contributed by atoms with Crippen LogP contribution in [0.1, 0.15) is 16.8 Å². The summed E-state index contributed by atoms with van der Waals surface area (Å²) in [4.78, 5) is 26.1. The van der Waals surface area contributed by atoms with Gasteiger partial charge in [-0.2, -0.15) is 5.10 Å². The van der Waals surface area contributed by atoms with Gasteiger partial charge < -0.3 is 21.1 Å². The molecule has 1 aliphatic rings. The SMILES string of the molecule is NC(=O)c1ccc2[nH]nc(-c3cccc(NC(=O)NCCCN4CCOCC4)c3)c2c1. The second kappa shape index (κ2) is 9.59. The number of nitrogens with one attached hydrogen (secondary N) is 3. The number of aromatic nitrogens is 2. The number of fused-ring (bicyclic) bond motifs is 1. The van der Waals surface area contributed by atoms with Gasteiger partial charge in [0.05, 0.1) is 24.4 Å². The number of hydrogen-bond donors (Lipinski definition) is 4. The number of carbonyl (C=O) groups excluding carboxylic acids is 2. The topological polar surface area (TPSA) is 125 Å². The molecule has 162 valence electrons. The summed E-state index contributed by atoms with van der Waals surface area (Å²) in [5, 5.41) is 13.9. The van der Waals surface area contributed by atoms with Crippen LogP contribution in [0.4, 0.5) is 10.5 Å². The summed E-state index contributed by atoms with van der Waals surface area (Å²) in [5.41, 5.74) is 8.78. The Kier molecular flexibility index (Phi) is 6.44. The van der Waals surface area contributed by atoms with E-state index < -0.39 is 5.91 Å². The zero-order valence-electron chi connectivity index (χ0n) is 17.2. The van der Waals surface area contributed by atoms with Crippen molar-refractivity contribution < 1.29 is 14.3 Å². The van der Waals surface area contributed by atoms with Gasteiger partial charge >= 0.3 is 6.03 Å². The van der Waals surface area contributed by atoms with E-state index in [1.54, 1.807) is 18.2 Å². The first kappa shape index (κ1) is 20.8. The van der Waals surface area contributed by atoms with Gasteiger partial charge in [0.2, 0.25) is 5.91 Å². The van der Waals surface area contributed by atoms with E-state index in [9.17, 15) is 9.59 Å². The monoisotopic (exact) mass is 422 g/mol. The molecule has 0 spiro atoms. The van der Waals surface area contributed by atoms with Crippen molar-refractivity contribution in [3.8, 4) is 11.3 Å². The quantitative estimate of drug-likeness (QED) is 0.434. The van der Waals surface area contributed by atoms with Crippen LogP contribution in [0.15, 0.2) is 42.5 Å². The second-order valence-electron chi connectivity index (χ2n) is 7.47. The van der Waals surface area contributed by atoms with Gasteiger partial charge in [0.15, 0.2) is 0 Å². The van der Waals surface area contributed by atoms with Crippen LogP contribution in [0.2, 0.25) is 0 Å². The molecule has 2 heterocycles. The van der Waals surface area contributed by atoms with E-state index >= 15 is 0 Å². The van der Waals surface area contributed by atoms with Crippen molar-refractivity contribution in [1.29, 1.82) is 0 Å². The van der Waals surface area contributed by atoms with E-state index in [2.05, 4.69) is 25.7 Å². The number of nitrogens with two attached hydrogens (primary N) is 1. The van der Waals surface area contributed by atoms with Crippen LogP contribution in [0, 0.1) is 0 Å². The van der Waals surface area contributed by atoms with Crippen LogP contribution >= 0.6 is 0 Å². The lowest BCUT2D eigenvalue weighted by Gasteiger charge is -2.26. The number of urea groups is 1. The lowest BCUT2D eigenvalue weighted by atomic mass is 10.0. The summed E-state index contributed by atoms with van der Waals surface area (Å²) in [6, 6.07) is 12.3. The maximum absolute atomic E-state index is 12.3. The number of rotatable bonds is 7. The summed E-state index contributed by atoms with van der Waals surface area (Å²) < 4.78 is 5.34. The number of benzene rings is 2. The van der Waals surface area contributed by atoms with Crippen LogP contribution in [0.3, 0.4) is 0 Å². The predicted octanol–water partition coefficient (Wildman–Crippen LogP) is 2.17. The Morgan fingerprint density at radius 1 is 1.16 bits per heavy atom. The Balaban J connectivity index is 1.37. The van der Waals surface area contributed by atoms with E-state index in [0.717, 1.165) is 55.7 Å². The molecule has 1 fully saturated rings. The molecular formula is C22H26N6O3. The van der Waals surface area contributed by atoms with Crippen LogP contribution in [-0.4, -0.2) is 66.4 Å². The van der Waals surface area contributed by atoms with E-state index in [4.69, 9.17) is 10.5 Å². The van der Waals surface area contributed by atoms with Crippen molar-refractivity contribution in [2.75, 3.05) is 44.7 Å². The van der Waals surface area contributed by atoms with Crippen LogP contribution in [-0.2, 0) is 4.74 Å². The molecule has 5 N–H and O–H groups in total. The number of primary amides is 1. The molecule has 0 radical (unpaired) electrons. The number of H-pyrrole nitrogens is 1. The van der Waals surface area contributed by atoms with Gasteiger partial charge in [0, 0.05) is 41.8 Å². The molecule has 0 bridgehead atoms. The summed E-state index contributed by atoms with van der Waals surface area (Å²) >= 11 is 0. The minimum Gasteiger partial charge on any atom is -0.379 e. The third-order valence-corrected chi connectivity index (χ3v) is 5.28. The number of ether oxygens (including phenoxy) is 1. The normalized spacial score (nSPS) is 14.5. The number of aromatic amines is 1. The molecule has 4 rings (SSSR count). The zero-order chi connectivity index (χ0) is 21.6. The molecule has 0 aliphatic carbocycles. The minimum absolute atomic E-state index is 0.248. The summed E-state index contributed by atoms with van der Waals surface area (Å²) in [7, 11) is 0. The average Bonchev–Trinajstić information content (AvgIpc) is 3.21. The molecule has 9 heteroatoms. The third kappa shape index (κ3) is 5.19. The second-order valence-corrected chi connectivity index (χ2v) is 7.47. The fraction of sp³-hybridized carbons (Fsp3) is 0.318. The third-order valence-electron chi connectivity index (χ3n) is 5.28. The van der Waals surface area contributed by atoms with Crippen molar-refractivity contribution in [2.24, 2.45) is 5.73 Å². The molecule has 3 aromatic rings. The fourth-order valence-corrected chi connectivity index (χ4v) is 3.64. The number of amides is 3. The lowest BCUT2D eigenvalue weighted by molar-refractivity contribution is 0.0375. The highest BCUT2D eigenvalue weighted by Crippen LogP contribution is 2.28. The first-order chi connectivity index (χ1) is 15.1. The van der Waals surface area contributed by atoms with Gasteiger partial charge in [-0.3, -0.25) is 14.8 Å². The van der Waals surface area contributed by atoms with Gasteiger partial charge in [0.1, 0.15) is 0 Å². The fourth-order valence-electron chi connectivity index (χ4n) is 3.64. The molecule has 0 saturated carbocycles. The molecule has 0 atom stereocenters. The van der Waals surface area contributed by atoms with Crippen molar-refractivity contribution >= 4 is 28.5 Å². The molecule has 9 nitrogen and oxygen atoms in total. The highest BCUT2D eigenvalue weighted by Gasteiger charge is 2.12. The van der Waals surface area contributed by atoms with Crippen LogP contribution in [0.25, 0.3) is 22.2 Å². The van der Waals surface area contributed by atoms with Crippen molar-refractivity contribution in [2.45, 2.75) is 6.42 Å². The van der Waals surface area contributed by atoms with Crippen molar-refractivity contribution in [3.05, 3.63) is 48.0 Å². The van der Waals surface area contributed by atoms with Gasteiger partial charge in [-0.25, -0.2) is 4.79 Å². The Labute approximate surface area is 179 Å². The Hall–Kier alpha value is -3.43. The van der Waals surface area contributed by atoms with E-state index in [0.29, 0.717) is 23.5 Å².